The third-order valence-corrected chi connectivity index (χ3v) is 3.95. The Morgan fingerprint density at radius 1 is 0.958 bits per heavy atom. The van der Waals surface area contributed by atoms with Crippen molar-refractivity contribution in [2.45, 2.75) is 71.1 Å². The SMILES string of the molecule is CCCCCCCCCC(=O)NCCC(=O)NCCc1cnc[nH]1. The quantitative estimate of drug-likeness (QED) is 0.457. The Balaban J connectivity index is 1.90. The van der Waals surface area contributed by atoms with Gasteiger partial charge in [-0.1, -0.05) is 45.4 Å². The van der Waals surface area contributed by atoms with Crippen molar-refractivity contribution in [3.05, 3.63) is 18.2 Å². The number of amides is 2. The van der Waals surface area contributed by atoms with Crippen LogP contribution in [-0.2, 0) is 16.0 Å². The number of nitrogens with zero attached hydrogens (tertiary/aromatic N) is 1. The predicted molar refractivity (Wildman–Crippen MR) is 95.5 cm³/mol. The second-order valence-electron chi connectivity index (χ2n) is 6.15. The van der Waals surface area contributed by atoms with Gasteiger partial charge in [-0.25, -0.2) is 4.98 Å². The van der Waals surface area contributed by atoms with E-state index in [4.69, 9.17) is 0 Å². The summed E-state index contributed by atoms with van der Waals surface area (Å²) in [5, 5.41) is 5.65. The Hall–Kier alpha value is -1.85. The number of aromatic nitrogens is 2. The number of H-pyrrole nitrogens is 1. The predicted octanol–water partition coefficient (Wildman–Crippen LogP) is 2.72. The monoisotopic (exact) mass is 336 g/mol. The molecule has 2 amide bonds. The molecule has 1 heterocycles. The Bertz CT molecular complexity index is 446. The number of carbonyl (C=O) groups is 2. The van der Waals surface area contributed by atoms with E-state index in [0.717, 1.165) is 25.0 Å². The summed E-state index contributed by atoms with van der Waals surface area (Å²) in [6.07, 6.45) is 13.4. The first-order valence-corrected chi connectivity index (χ1v) is 9.23. The van der Waals surface area contributed by atoms with Gasteiger partial charge >= 0.3 is 0 Å². The maximum absolute atomic E-state index is 11.7. The number of hydrogen-bond donors (Lipinski definition) is 3. The van der Waals surface area contributed by atoms with Gasteiger partial charge in [0.25, 0.3) is 0 Å². The minimum atomic E-state index is -0.0364. The summed E-state index contributed by atoms with van der Waals surface area (Å²) in [6.45, 7) is 3.20. The molecule has 0 radical (unpaired) electrons. The summed E-state index contributed by atoms with van der Waals surface area (Å²) in [4.78, 5) is 30.2. The lowest BCUT2D eigenvalue weighted by Gasteiger charge is -2.06. The highest BCUT2D eigenvalue weighted by atomic mass is 16.2. The molecule has 3 N–H and O–H groups in total. The molecule has 0 unspecified atom stereocenters. The zero-order valence-electron chi connectivity index (χ0n) is 14.9. The third kappa shape index (κ3) is 10.8. The van der Waals surface area contributed by atoms with Crippen LogP contribution in [0.4, 0.5) is 0 Å². The van der Waals surface area contributed by atoms with Gasteiger partial charge < -0.3 is 15.6 Å². The molecule has 0 aliphatic heterocycles. The van der Waals surface area contributed by atoms with Gasteiger partial charge in [0, 0.05) is 44.2 Å². The fourth-order valence-electron chi connectivity index (χ4n) is 2.49. The number of carbonyl (C=O) groups excluding carboxylic acids is 2. The molecule has 0 spiro atoms. The lowest BCUT2D eigenvalue weighted by molar-refractivity contribution is -0.122. The van der Waals surface area contributed by atoms with Crippen molar-refractivity contribution in [3.63, 3.8) is 0 Å². The zero-order valence-corrected chi connectivity index (χ0v) is 14.9. The maximum Gasteiger partial charge on any atom is 0.221 e. The van der Waals surface area contributed by atoms with E-state index in [1.807, 2.05) is 0 Å². The van der Waals surface area contributed by atoms with Crippen LogP contribution in [0.25, 0.3) is 0 Å². The molecule has 6 nitrogen and oxygen atoms in total. The van der Waals surface area contributed by atoms with Crippen LogP contribution in [0.1, 0.15) is 70.4 Å². The Morgan fingerprint density at radius 2 is 1.62 bits per heavy atom. The lowest BCUT2D eigenvalue weighted by Crippen LogP contribution is -2.31. The van der Waals surface area contributed by atoms with Crippen LogP contribution in [0, 0.1) is 0 Å². The van der Waals surface area contributed by atoms with E-state index in [9.17, 15) is 9.59 Å². The third-order valence-electron chi connectivity index (χ3n) is 3.95. The molecule has 0 saturated carbocycles. The van der Waals surface area contributed by atoms with Crippen LogP contribution in [0.2, 0.25) is 0 Å². The van der Waals surface area contributed by atoms with E-state index in [1.165, 1.54) is 32.1 Å². The molecule has 0 aliphatic carbocycles. The molecule has 1 rings (SSSR count). The Labute approximate surface area is 145 Å². The van der Waals surface area contributed by atoms with Gasteiger partial charge in [-0.3, -0.25) is 9.59 Å². The first-order valence-electron chi connectivity index (χ1n) is 9.23. The number of nitrogens with one attached hydrogen (secondary N) is 3. The second kappa shape index (κ2) is 13.6. The van der Waals surface area contributed by atoms with Crippen molar-refractivity contribution in [2.75, 3.05) is 13.1 Å². The fraction of sp³-hybridized carbons (Fsp3) is 0.722. The molecule has 0 atom stereocenters. The number of aromatic amines is 1. The van der Waals surface area contributed by atoms with Crippen molar-refractivity contribution in [3.8, 4) is 0 Å². The lowest BCUT2D eigenvalue weighted by atomic mass is 10.1. The first kappa shape index (κ1) is 20.2. The smallest absolute Gasteiger partial charge is 0.221 e. The Kier molecular flexibility index (Phi) is 11.4. The summed E-state index contributed by atoms with van der Waals surface area (Å²) in [5.41, 5.74) is 0.998. The van der Waals surface area contributed by atoms with Gasteiger partial charge in [0.1, 0.15) is 0 Å². The van der Waals surface area contributed by atoms with Gasteiger partial charge in [0.2, 0.25) is 11.8 Å². The number of unbranched alkanes of at least 4 members (excludes halogenated alkanes) is 6. The van der Waals surface area contributed by atoms with E-state index < -0.39 is 0 Å². The van der Waals surface area contributed by atoms with Gasteiger partial charge in [-0.15, -0.1) is 0 Å². The molecule has 0 saturated heterocycles. The highest BCUT2D eigenvalue weighted by Gasteiger charge is 2.04. The summed E-state index contributed by atoms with van der Waals surface area (Å²) in [5.74, 6) is 0.0135. The summed E-state index contributed by atoms with van der Waals surface area (Å²) < 4.78 is 0. The summed E-state index contributed by atoms with van der Waals surface area (Å²) >= 11 is 0. The number of imidazole rings is 1. The normalized spacial score (nSPS) is 10.5. The molecule has 0 aliphatic rings. The average molecular weight is 336 g/mol. The molecule has 0 fully saturated rings. The van der Waals surface area contributed by atoms with Gasteiger partial charge in [0.05, 0.1) is 6.33 Å². The fourth-order valence-corrected chi connectivity index (χ4v) is 2.49. The van der Waals surface area contributed by atoms with E-state index in [0.29, 0.717) is 25.9 Å². The standard InChI is InChI=1S/C18H32N4O2/c1-2-3-4-5-6-7-8-9-17(23)21-13-11-18(24)20-12-10-16-14-19-15-22-16/h14-15H,2-13H2,1H3,(H,19,22)(H,20,24)(H,21,23). The minimum Gasteiger partial charge on any atom is -0.356 e. The number of hydrogen-bond acceptors (Lipinski definition) is 3. The molecule has 0 aromatic carbocycles. The van der Waals surface area contributed by atoms with Gasteiger partial charge in [0.15, 0.2) is 0 Å². The van der Waals surface area contributed by atoms with Crippen LogP contribution in [0.5, 0.6) is 0 Å². The first-order chi connectivity index (χ1) is 11.7. The summed E-state index contributed by atoms with van der Waals surface area (Å²) in [7, 11) is 0. The summed E-state index contributed by atoms with van der Waals surface area (Å²) in [6, 6.07) is 0. The van der Waals surface area contributed by atoms with Gasteiger partial charge in [-0.05, 0) is 6.42 Å². The van der Waals surface area contributed by atoms with Crippen LogP contribution in [0.3, 0.4) is 0 Å². The van der Waals surface area contributed by atoms with Crippen molar-refractivity contribution < 1.29 is 9.59 Å². The van der Waals surface area contributed by atoms with Gasteiger partial charge in [-0.2, -0.15) is 0 Å². The van der Waals surface area contributed by atoms with E-state index >= 15 is 0 Å². The molecular formula is C18H32N4O2. The highest BCUT2D eigenvalue weighted by molar-refractivity contribution is 5.78. The van der Waals surface area contributed by atoms with E-state index in [2.05, 4.69) is 27.5 Å². The van der Waals surface area contributed by atoms with E-state index in [1.54, 1.807) is 12.5 Å². The molecule has 6 heteroatoms. The van der Waals surface area contributed by atoms with Crippen LogP contribution >= 0.6 is 0 Å². The Morgan fingerprint density at radius 3 is 2.33 bits per heavy atom. The van der Waals surface area contributed by atoms with Crippen LogP contribution < -0.4 is 10.6 Å². The molecule has 1 aromatic heterocycles. The zero-order chi connectivity index (χ0) is 17.5. The van der Waals surface area contributed by atoms with E-state index in [-0.39, 0.29) is 11.8 Å². The highest BCUT2D eigenvalue weighted by Crippen LogP contribution is 2.08. The minimum absolute atomic E-state index is 0.0364. The molecule has 136 valence electrons. The second-order valence-corrected chi connectivity index (χ2v) is 6.15. The van der Waals surface area contributed by atoms with Crippen LogP contribution in [-0.4, -0.2) is 34.9 Å². The topological polar surface area (TPSA) is 86.9 Å². The maximum atomic E-state index is 11.7. The van der Waals surface area contributed by atoms with Crippen molar-refractivity contribution in [1.29, 1.82) is 0 Å². The van der Waals surface area contributed by atoms with Crippen molar-refractivity contribution in [1.82, 2.24) is 20.6 Å². The largest absolute Gasteiger partial charge is 0.356 e. The molecular weight excluding hydrogens is 304 g/mol. The van der Waals surface area contributed by atoms with Crippen molar-refractivity contribution >= 4 is 11.8 Å². The molecule has 0 bridgehead atoms. The van der Waals surface area contributed by atoms with Crippen LogP contribution in [0.15, 0.2) is 12.5 Å². The average Bonchev–Trinajstić information content (AvgIpc) is 3.07. The van der Waals surface area contributed by atoms with Crippen molar-refractivity contribution in [2.24, 2.45) is 0 Å². The number of rotatable bonds is 14. The molecule has 24 heavy (non-hydrogen) atoms. The molecule has 1 aromatic rings.